The lowest BCUT2D eigenvalue weighted by atomic mass is 10.3. The maximum absolute atomic E-state index is 5.63. The van der Waals surface area contributed by atoms with Gasteiger partial charge in [-0.25, -0.2) is 9.50 Å². The van der Waals surface area contributed by atoms with Crippen LogP contribution < -0.4 is 5.32 Å². The molecule has 1 aliphatic rings. The minimum Gasteiger partial charge on any atom is -0.366 e. The zero-order valence-electron chi connectivity index (χ0n) is 12.4. The number of fused-ring (bicyclic) bond motifs is 1. The van der Waals surface area contributed by atoms with Gasteiger partial charge in [0.15, 0.2) is 5.65 Å². The van der Waals surface area contributed by atoms with Crippen molar-refractivity contribution in [2.45, 2.75) is 20.0 Å². The van der Waals surface area contributed by atoms with E-state index < -0.39 is 0 Å². The fourth-order valence-corrected chi connectivity index (χ4v) is 2.63. The Morgan fingerprint density at radius 1 is 1.32 bits per heavy atom. The molecule has 1 atom stereocenters. The summed E-state index contributed by atoms with van der Waals surface area (Å²) in [4.78, 5) is 8.98. The molecule has 0 aromatic carbocycles. The van der Waals surface area contributed by atoms with Crippen LogP contribution in [0.4, 0.5) is 0 Å². The van der Waals surface area contributed by atoms with Crippen LogP contribution in [0.1, 0.15) is 23.4 Å². The van der Waals surface area contributed by atoms with Crippen LogP contribution in [0.2, 0.25) is 0 Å². The van der Waals surface area contributed by atoms with Gasteiger partial charge in [0.25, 0.3) is 5.89 Å². The van der Waals surface area contributed by atoms with E-state index in [1.54, 1.807) is 10.7 Å². The number of aryl methyl sites for hydroxylation is 2. The number of morpholine rings is 1. The molecule has 3 aromatic heterocycles. The molecule has 0 spiro atoms. The van der Waals surface area contributed by atoms with Gasteiger partial charge >= 0.3 is 0 Å². The summed E-state index contributed by atoms with van der Waals surface area (Å²) < 4.78 is 12.7. The lowest BCUT2D eigenvalue weighted by Crippen LogP contribution is -2.33. The number of ether oxygens (including phenoxy) is 1. The van der Waals surface area contributed by atoms with Gasteiger partial charge < -0.3 is 14.6 Å². The summed E-state index contributed by atoms with van der Waals surface area (Å²) >= 11 is 0. The van der Waals surface area contributed by atoms with Crippen LogP contribution in [0.3, 0.4) is 0 Å². The zero-order valence-corrected chi connectivity index (χ0v) is 12.4. The first-order valence-corrected chi connectivity index (χ1v) is 7.20. The third-order valence-corrected chi connectivity index (χ3v) is 3.66. The smallest absolute Gasteiger partial charge is 0.257 e. The van der Waals surface area contributed by atoms with Gasteiger partial charge in [0.2, 0.25) is 5.82 Å². The van der Waals surface area contributed by atoms with Crippen LogP contribution in [-0.2, 0) is 4.74 Å². The fraction of sp³-hybridized carbons (Fsp3) is 0.429. The number of rotatable bonds is 2. The molecule has 0 unspecified atom stereocenters. The molecule has 4 rings (SSSR count). The molecule has 1 saturated heterocycles. The van der Waals surface area contributed by atoms with E-state index in [0.29, 0.717) is 24.9 Å². The molecule has 8 heteroatoms. The molecule has 8 nitrogen and oxygen atoms in total. The summed E-state index contributed by atoms with van der Waals surface area (Å²) in [6.45, 7) is 6.09. The van der Waals surface area contributed by atoms with Crippen molar-refractivity contribution >= 4 is 5.65 Å². The molecule has 114 valence electrons. The molecule has 22 heavy (non-hydrogen) atoms. The maximum Gasteiger partial charge on any atom is 0.257 e. The van der Waals surface area contributed by atoms with Gasteiger partial charge in [-0.15, -0.1) is 0 Å². The highest BCUT2D eigenvalue weighted by Crippen LogP contribution is 2.24. The predicted octanol–water partition coefficient (Wildman–Crippen LogP) is 1.06. The number of hydrogen-bond donors (Lipinski definition) is 1. The Bertz CT molecular complexity index is 818. The number of nitrogens with zero attached hydrogens (tertiary/aromatic N) is 5. The molecule has 1 aliphatic heterocycles. The van der Waals surface area contributed by atoms with Crippen molar-refractivity contribution in [2.24, 2.45) is 0 Å². The average Bonchev–Trinajstić information content (AvgIpc) is 3.14. The predicted molar refractivity (Wildman–Crippen MR) is 77.3 cm³/mol. The SMILES string of the molecule is Cc1cc(C)n2ncc(-c3noc([C@@H]4CNCCO4)n3)c2n1. The topological polar surface area (TPSA) is 90.4 Å². The average molecular weight is 300 g/mol. The van der Waals surface area contributed by atoms with Crippen molar-refractivity contribution in [1.29, 1.82) is 0 Å². The highest BCUT2D eigenvalue weighted by molar-refractivity contribution is 5.72. The summed E-state index contributed by atoms with van der Waals surface area (Å²) in [7, 11) is 0. The fourth-order valence-electron chi connectivity index (χ4n) is 2.63. The van der Waals surface area contributed by atoms with Crippen molar-refractivity contribution in [3.63, 3.8) is 0 Å². The van der Waals surface area contributed by atoms with Crippen LogP contribution >= 0.6 is 0 Å². The molecular weight excluding hydrogens is 284 g/mol. The van der Waals surface area contributed by atoms with E-state index in [0.717, 1.165) is 29.1 Å². The van der Waals surface area contributed by atoms with Crippen molar-refractivity contribution in [2.75, 3.05) is 19.7 Å². The summed E-state index contributed by atoms with van der Waals surface area (Å²) in [6.07, 6.45) is 1.51. The second-order valence-electron chi connectivity index (χ2n) is 5.35. The van der Waals surface area contributed by atoms with Gasteiger partial charge in [-0.05, 0) is 19.9 Å². The summed E-state index contributed by atoms with van der Waals surface area (Å²) in [6, 6.07) is 1.98. The molecule has 0 radical (unpaired) electrons. The largest absolute Gasteiger partial charge is 0.366 e. The van der Waals surface area contributed by atoms with E-state index in [1.807, 2.05) is 19.9 Å². The highest BCUT2D eigenvalue weighted by atomic mass is 16.5. The van der Waals surface area contributed by atoms with Gasteiger partial charge in [0.05, 0.1) is 18.4 Å². The van der Waals surface area contributed by atoms with Crippen LogP contribution in [0, 0.1) is 13.8 Å². The van der Waals surface area contributed by atoms with E-state index in [1.165, 1.54) is 0 Å². The number of aromatic nitrogens is 5. The standard InChI is InChI=1S/C14H16N6O2/c1-8-5-9(2)20-13(17-8)10(6-16-20)12-18-14(22-19-12)11-7-15-3-4-21-11/h5-6,11,15H,3-4,7H2,1-2H3/t11-/m0/s1. The Labute approximate surface area is 126 Å². The van der Waals surface area contributed by atoms with E-state index in [2.05, 4.69) is 25.5 Å². The minimum absolute atomic E-state index is 0.201. The van der Waals surface area contributed by atoms with E-state index in [9.17, 15) is 0 Å². The van der Waals surface area contributed by atoms with E-state index in [-0.39, 0.29) is 6.10 Å². The molecular formula is C14H16N6O2. The Hall–Kier alpha value is -2.32. The molecule has 0 aliphatic carbocycles. The quantitative estimate of drug-likeness (QED) is 0.756. The Kier molecular flexibility index (Phi) is 3.12. The molecule has 1 N–H and O–H groups in total. The van der Waals surface area contributed by atoms with Gasteiger partial charge in [0, 0.05) is 24.5 Å². The Morgan fingerprint density at radius 3 is 3.05 bits per heavy atom. The normalized spacial score (nSPS) is 18.9. The second kappa shape index (κ2) is 5.15. The minimum atomic E-state index is -0.201. The van der Waals surface area contributed by atoms with Gasteiger partial charge in [-0.3, -0.25) is 0 Å². The van der Waals surface area contributed by atoms with E-state index in [4.69, 9.17) is 9.26 Å². The third kappa shape index (κ3) is 2.16. The second-order valence-corrected chi connectivity index (χ2v) is 5.35. The number of hydrogen-bond acceptors (Lipinski definition) is 7. The highest BCUT2D eigenvalue weighted by Gasteiger charge is 2.24. The zero-order chi connectivity index (χ0) is 15.1. The molecule has 4 heterocycles. The summed E-state index contributed by atoms with van der Waals surface area (Å²) in [5, 5.41) is 11.6. The van der Waals surface area contributed by atoms with Gasteiger partial charge in [-0.1, -0.05) is 5.16 Å². The third-order valence-electron chi connectivity index (χ3n) is 3.66. The monoisotopic (exact) mass is 300 g/mol. The molecule has 3 aromatic rings. The van der Waals surface area contributed by atoms with Crippen LogP contribution in [-0.4, -0.2) is 44.4 Å². The van der Waals surface area contributed by atoms with Crippen LogP contribution in [0.5, 0.6) is 0 Å². The van der Waals surface area contributed by atoms with Crippen LogP contribution in [0.25, 0.3) is 17.0 Å². The Balaban J connectivity index is 1.74. The summed E-state index contributed by atoms with van der Waals surface area (Å²) in [5.41, 5.74) is 3.42. The lowest BCUT2D eigenvalue weighted by molar-refractivity contribution is 0.00755. The first-order chi connectivity index (χ1) is 10.7. The van der Waals surface area contributed by atoms with Crippen molar-refractivity contribution in [3.05, 3.63) is 29.5 Å². The molecule has 1 fully saturated rings. The first-order valence-electron chi connectivity index (χ1n) is 7.20. The first kappa shape index (κ1) is 13.4. The van der Waals surface area contributed by atoms with Crippen molar-refractivity contribution in [1.82, 2.24) is 30.1 Å². The summed E-state index contributed by atoms with van der Waals surface area (Å²) in [5.74, 6) is 0.961. The van der Waals surface area contributed by atoms with Crippen molar-refractivity contribution in [3.8, 4) is 11.4 Å². The molecule has 0 bridgehead atoms. The van der Waals surface area contributed by atoms with Gasteiger partial charge in [-0.2, -0.15) is 10.1 Å². The van der Waals surface area contributed by atoms with Gasteiger partial charge in [0.1, 0.15) is 6.10 Å². The molecule has 0 amide bonds. The Morgan fingerprint density at radius 2 is 2.23 bits per heavy atom. The lowest BCUT2D eigenvalue weighted by Gasteiger charge is -2.19. The maximum atomic E-state index is 5.63. The molecule has 0 saturated carbocycles. The number of nitrogens with one attached hydrogen (secondary N) is 1. The van der Waals surface area contributed by atoms with Crippen molar-refractivity contribution < 1.29 is 9.26 Å². The van der Waals surface area contributed by atoms with Crippen LogP contribution in [0.15, 0.2) is 16.8 Å². The van der Waals surface area contributed by atoms with E-state index >= 15 is 0 Å².